The monoisotopic (exact) mass is 458 g/mol. The maximum Gasteiger partial charge on any atom is 0.0594 e. The molecule has 2 saturated carbocycles. The zero-order valence-corrected chi connectivity index (χ0v) is 20.5. The third-order valence-corrected chi connectivity index (χ3v) is 7.47. The van der Waals surface area contributed by atoms with E-state index in [1.807, 2.05) is 0 Å². The number of aliphatic hydroxyl groups is 3. The molecule has 8 nitrogen and oxygen atoms in total. The number of ether oxygens (including phenoxy) is 1. The smallest absolute Gasteiger partial charge is 0.0594 e. The number of rotatable bonds is 16. The van der Waals surface area contributed by atoms with Gasteiger partial charge in [0.25, 0.3) is 0 Å². The SMILES string of the molecule is CC1CCC(NCCO)CC1NCCOCCN(CCO)C1CC(NCCO)CCC1C. The van der Waals surface area contributed by atoms with Gasteiger partial charge in [0, 0.05) is 56.9 Å². The molecular formula is C24H50N4O4. The fourth-order valence-corrected chi connectivity index (χ4v) is 5.49. The van der Waals surface area contributed by atoms with E-state index in [1.54, 1.807) is 0 Å². The number of nitrogens with zero attached hydrogens (tertiary/aromatic N) is 1. The average Bonchev–Trinajstić information content (AvgIpc) is 2.80. The van der Waals surface area contributed by atoms with E-state index in [2.05, 4.69) is 34.7 Å². The Morgan fingerprint density at radius 1 is 0.719 bits per heavy atom. The van der Waals surface area contributed by atoms with Crippen molar-refractivity contribution in [1.82, 2.24) is 20.9 Å². The van der Waals surface area contributed by atoms with E-state index in [0.29, 0.717) is 68.9 Å². The molecule has 0 heterocycles. The second-order valence-electron chi connectivity index (χ2n) is 9.83. The number of aliphatic hydroxyl groups excluding tert-OH is 3. The summed E-state index contributed by atoms with van der Waals surface area (Å²) in [6.07, 6.45) is 6.90. The van der Waals surface area contributed by atoms with Crippen LogP contribution in [0.4, 0.5) is 0 Å². The van der Waals surface area contributed by atoms with Crippen LogP contribution >= 0.6 is 0 Å². The first-order valence-electron chi connectivity index (χ1n) is 12.9. The summed E-state index contributed by atoms with van der Waals surface area (Å²) in [5.41, 5.74) is 0. The van der Waals surface area contributed by atoms with Gasteiger partial charge in [0.05, 0.1) is 33.0 Å². The molecule has 0 amide bonds. The van der Waals surface area contributed by atoms with Gasteiger partial charge in [-0.05, 0) is 50.4 Å². The number of hydrogen-bond acceptors (Lipinski definition) is 8. The molecule has 190 valence electrons. The lowest BCUT2D eigenvalue weighted by Crippen LogP contribution is -2.50. The average molecular weight is 459 g/mol. The Morgan fingerprint density at radius 3 is 2.03 bits per heavy atom. The summed E-state index contributed by atoms with van der Waals surface area (Å²) in [6, 6.07) is 1.89. The van der Waals surface area contributed by atoms with E-state index >= 15 is 0 Å². The predicted octanol–water partition coefficient (Wildman–Crippen LogP) is 0.165. The third kappa shape index (κ3) is 9.89. The van der Waals surface area contributed by atoms with E-state index < -0.39 is 0 Å². The molecule has 6 unspecified atom stereocenters. The quantitative estimate of drug-likeness (QED) is 0.182. The highest BCUT2D eigenvalue weighted by Crippen LogP contribution is 2.28. The second-order valence-corrected chi connectivity index (χ2v) is 9.83. The van der Waals surface area contributed by atoms with Crippen molar-refractivity contribution in [3.05, 3.63) is 0 Å². The van der Waals surface area contributed by atoms with Crippen molar-refractivity contribution in [2.45, 2.75) is 76.5 Å². The van der Waals surface area contributed by atoms with Crippen molar-refractivity contribution in [2.75, 3.05) is 65.8 Å². The Bertz CT molecular complexity index is 469. The molecule has 2 aliphatic carbocycles. The molecule has 2 aliphatic rings. The van der Waals surface area contributed by atoms with Gasteiger partial charge in [-0.3, -0.25) is 4.90 Å². The lowest BCUT2D eigenvalue weighted by atomic mass is 9.82. The van der Waals surface area contributed by atoms with Crippen LogP contribution in [0.25, 0.3) is 0 Å². The van der Waals surface area contributed by atoms with Crippen LogP contribution in [0.15, 0.2) is 0 Å². The van der Waals surface area contributed by atoms with E-state index in [0.717, 1.165) is 32.4 Å². The molecule has 0 aliphatic heterocycles. The summed E-state index contributed by atoms with van der Waals surface area (Å²) in [7, 11) is 0. The molecule has 0 saturated heterocycles. The standard InChI is InChI=1S/C24H50N4O4/c1-19-3-5-21(25-7-12-29)17-23(19)27-9-15-32-16-11-28(10-14-31)24-18-22(26-8-13-30)6-4-20(24)2/h19-27,29-31H,3-18H2,1-2H3. The van der Waals surface area contributed by atoms with E-state index in [9.17, 15) is 5.11 Å². The largest absolute Gasteiger partial charge is 0.395 e. The van der Waals surface area contributed by atoms with Gasteiger partial charge in [-0.15, -0.1) is 0 Å². The fraction of sp³-hybridized carbons (Fsp3) is 1.00. The summed E-state index contributed by atoms with van der Waals surface area (Å²) in [6.45, 7) is 10.3. The van der Waals surface area contributed by atoms with Crippen LogP contribution in [0.3, 0.4) is 0 Å². The number of nitrogens with one attached hydrogen (secondary N) is 3. The molecule has 0 aromatic carbocycles. The molecule has 6 atom stereocenters. The van der Waals surface area contributed by atoms with Crippen molar-refractivity contribution in [1.29, 1.82) is 0 Å². The van der Waals surface area contributed by atoms with Gasteiger partial charge in [-0.1, -0.05) is 13.8 Å². The second kappa shape index (κ2) is 16.3. The lowest BCUT2D eigenvalue weighted by molar-refractivity contribution is 0.0408. The summed E-state index contributed by atoms with van der Waals surface area (Å²) in [5.74, 6) is 1.28. The van der Waals surface area contributed by atoms with Crippen molar-refractivity contribution < 1.29 is 20.1 Å². The maximum atomic E-state index is 9.59. The molecule has 6 N–H and O–H groups in total. The van der Waals surface area contributed by atoms with Crippen molar-refractivity contribution in [3.63, 3.8) is 0 Å². The molecule has 2 fully saturated rings. The third-order valence-electron chi connectivity index (χ3n) is 7.47. The van der Waals surface area contributed by atoms with Crippen LogP contribution in [0.1, 0.15) is 52.4 Å². The normalized spacial score (nSPS) is 31.3. The van der Waals surface area contributed by atoms with Gasteiger partial charge in [-0.25, -0.2) is 0 Å². The Kier molecular flexibility index (Phi) is 14.2. The highest BCUT2D eigenvalue weighted by Gasteiger charge is 2.31. The van der Waals surface area contributed by atoms with Crippen LogP contribution < -0.4 is 16.0 Å². The van der Waals surface area contributed by atoms with E-state index in [4.69, 9.17) is 14.9 Å². The molecular weight excluding hydrogens is 408 g/mol. The lowest BCUT2D eigenvalue weighted by Gasteiger charge is -2.41. The molecule has 2 rings (SSSR count). The van der Waals surface area contributed by atoms with E-state index in [1.165, 1.54) is 19.3 Å². The maximum absolute atomic E-state index is 9.59. The first-order chi connectivity index (χ1) is 15.6. The first kappa shape index (κ1) is 27.9. The van der Waals surface area contributed by atoms with Crippen molar-refractivity contribution in [2.24, 2.45) is 11.8 Å². The van der Waals surface area contributed by atoms with Crippen LogP contribution in [-0.2, 0) is 4.74 Å². The highest BCUT2D eigenvalue weighted by atomic mass is 16.5. The Morgan fingerprint density at radius 2 is 1.38 bits per heavy atom. The van der Waals surface area contributed by atoms with Crippen LogP contribution in [0, 0.1) is 11.8 Å². The number of hydrogen-bond donors (Lipinski definition) is 6. The van der Waals surface area contributed by atoms with Gasteiger partial charge in [0.15, 0.2) is 0 Å². The molecule has 32 heavy (non-hydrogen) atoms. The summed E-state index contributed by atoms with van der Waals surface area (Å²) >= 11 is 0. The molecule has 0 radical (unpaired) electrons. The van der Waals surface area contributed by atoms with Gasteiger partial charge in [0.2, 0.25) is 0 Å². The summed E-state index contributed by atoms with van der Waals surface area (Å²) in [4.78, 5) is 2.39. The molecule has 0 aromatic heterocycles. The molecule has 0 bridgehead atoms. The van der Waals surface area contributed by atoms with Gasteiger partial charge in [0.1, 0.15) is 0 Å². The fourth-order valence-electron chi connectivity index (χ4n) is 5.49. The minimum Gasteiger partial charge on any atom is -0.395 e. The topological polar surface area (TPSA) is 109 Å². The summed E-state index contributed by atoms with van der Waals surface area (Å²) < 4.78 is 5.96. The van der Waals surface area contributed by atoms with Crippen LogP contribution in [0.2, 0.25) is 0 Å². The zero-order valence-electron chi connectivity index (χ0n) is 20.5. The minimum atomic E-state index is 0.171. The van der Waals surface area contributed by atoms with Crippen LogP contribution in [-0.4, -0.2) is 110 Å². The summed E-state index contributed by atoms with van der Waals surface area (Å²) in [5, 5.41) is 38.3. The van der Waals surface area contributed by atoms with Crippen molar-refractivity contribution in [3.8, 4) is 0 Å². The van der Waals surface area contributed by atoms with Crippen molar-refractivity contribution >= 4 is 0 Å². The van der Waals surface area contributed by atoms with Crippen LogP contribution in [0.5, 0.6) is 0 Å². The Balaban J connectivity index is 1.66. The minimum absolute atomic E-state index is 0.171. The Hall–Kier alpha value is -0.320. The first-order valence-corrected chi connectivity index (χ1v) is 12.9. The van der Waals surface area contributed by atoms with E-state index in [-0.39, 0.29) is 19.8 Å². The predicted molar refractivity (Wildman–Crippen MR) is 129 cm³/mol. The zero-order chi connectivity index (χ0) is 23.2. The van der Waals surface area contributed by atoms with Gasteiger partial charge in [-0.2, -0.15) is 0 Å². The van der Waals surface area contributed by atoms with Gasteiger partial charge >= 0.3 is 0 Å². The molecule has 0 spiro atoms. The highest BCUT2D eigenvalue weighted by molar-refractivity contribution is 4.88. The Labute approximate surface area is 195 Å². The molecule has 0 aromatic rings. The molecule has 8 heteroatoms. The van der Waals surface area contributed by atoms with Gasteiger partial charge < -0.3 is 36.0 Å².